The topological polar surface area (TPSA) is 24.9 Å². The normalized spacial score (nSPS) is 12.4. The maximum Gasteiger partial charge on any atom is 0.0453 e. The second-order valence-corrected chi connectivity index (χ2v) is 6.02. The molecule has 2 aromatic rings. The molecule has 1 aromatic heterocycles. The van der Waals surface area contributed by atoms with E-state index in [1.807, 2.05) is 25.3 Å². The lowest BCUT2D eigenvalue weighted by atomic mass is 9.99. The molecule has 0 spiro atoms. The summed E-state index contributed by atoms with van der Waals surface area (Å²) in [5, 5.41) is 4.97. The fraction of sp³-hybridized carbons (Fsp3) is 0.353. The number of aromatic nitrogens is 1. The third kappa shape index (κ3) is 4.70. The number of halogens is 2. The first-order valence-electron chi connectivity index (χ1n) is 7.20. The van der Waals surface area contributed by atoms with Crippen molar-refractivity contribution in [2.24, 2.45) is 0 Å². The van der Waals surface area contributed by atoms with E-state index in [1.54, 1.807) is 6.07 Å². The molecule has 0 aliphatic carbocycles. The SMILES string of the molecule is CCCNC(Cc1ccc(Cl)cc1Cl)c1ccnc(C)c1. The van der Waals surface area contributed by atoms with E-state index in [9.17, 15) is 0 Å². The largest absolute Gasteiger partial charge is 0.310 e. The molecule has 0 amide bonds. The van der Waals surface area contributed by atoms with Crippen LogP contribution in [0.3, 0.4) is 0 Å². The van der Waals surface area contributed by atoms with Crippen molar-refractivity contribution in [3.8, 4) is 0 Å². The van der Waals surface area contributed by atoms with Crippen LogP contribution in [0.5, 0.6) is 0 Å². The third-order valence-electron chi connectivity index (χ3n) is 3.40. The number of nitrogens with one attached hydrogen (secondary N) is 1. The van der Waals surface area contributed by atoms with Gasteiger partial charge in [-0.3, -0.25) is 4.98 Å². The lowest BCUT2D eigenvalue weighted by molar-refractivity contribution is 0.528. The highest BCUT2D eigenvalue weighted by atomic mass is 35.5. The molecule has 4 heteroatoms. The lowest BCUT2D eigenvalue weighted by Gasteiger charge is -2.20. The van der Waals surface area contributed by atoms with Crippen LogP contribution in [0.25, 0.3) is 0 Å². The molecular formula is C17H20Cl2N2. The Morgan fingerprint density at radius 2 is 2.00 bits per heavy atom. The Morgan fingerprint density at radius 1 is 1.19 bits per heavy atom. The first-order valence-corrected chi connectivity index (χ1v) is 7.95. The zero-order chi connectivity index (χ0) is 15.2. The van der Waals surface area contributed by atoms with Gasteiger partial charge in [0, 0.05) is 28.0 Å². The molecule has 0 saturated heterocycles. The van der Waals surface area contributed by atoms with Crippen molar-refractivity contribution >= 4 is 23.2 Å². The van der Waals surface area contributed by atoms with Gasteiger partial charge >= 0.3 is 0 Å². The summed E-state index contributed by atoms with van der Waals surface area (Å²) in [5.41, 5.74) is 3.36. The predicted octanol–water partition coefficient (Wildman–Crippen LogP) is 4.98. The Labute approximate surface area is 136 Å². The van der Waals surface area contributed by atoms with E-state index in [1.165, 1.54) is 5.56 Å². The van der Waals surface area contributed by atoms with Crippen molar-refractivity contribution in [1.82, 2.24) is 10.3 Å². The zero-order valence-electron chi connectivity index (χ0n) is 12.4. The van der Waals surface area contributed by atoms with Gasteiger partial charge in [0.15, 0.2) is 0 Å². The fourth-order valence-electron chi connectivity index (χ4n) is 2.32. The monoisotopic (exact) mass is 322 g/mol. The number of aryl methyl sites for hydroxylation is 1. The maximum absolute atomic E-state index is 6.30. The fourth-order valence-corrected chi connectivity index (χ4v) is 2.80. The molecule has 0 bridgehead atoms. The van der Waals surface area contributed by atoms with Gasteiger partial charge in [-0.25, -0.2) is 0 Å². The van der Waals surface area contributed by atoms with Gasteiger partial charge < -0.3 is 5.32 Å². The molecule has 1 atom stereocenters. The smallest absolute Gasteiger partial charge is 0.0453 e. The van der Waals surface area contributed by atoms with Crippen molar-refractivity contribution < 1.29 is 0 Å². The first-order chi connectivity index (χ1) is 10.1. The average Bonchev–Trinajstić information content (AvgIpc) is 2.45. The molecule has 2 nitrogen and oxygen atoms in total. The number of hydrogen-bond acceptors (Lipinski definition) is 2. The van der Waals surface area contributed by atoms with E-state index < -0.39 is 0 Å². The number of rotatable bonds is 6. The molecule has 1 aromatic carbocycles. The van der Waals surface area contributed by atoms with Crippen molar-refractivity contribution in [2.75, 3.05) is 6.54 Å². The van der Waals surface area contributed by atoms with Crippen LogP contribution < -0.4 is 5.32 Å². The second kappa shape index (κ2) is 7.79. The number of hydrogen-bond donors (Lipinski definition) is 1. The summed E-state index contributed by atoms with van der Waals surface area (Å²) in [6.45, 7) is 5.14. The van der Waals surface area contributed by atoms with Crippen LogP contribution in [-0.2, 0) is 6.42 Å². The van der Waals surface area contributed by atoms with Crippen LogP contribution in [0.15, 0.2) is 36.5 Å². The van der Waals surface area contributed by atoms with Crippen molar-refractivity contribution in [2.45, 2.75) is 32.7 Å². The Bertz CT molecular complexity index is 599. The molecule has 1 heterocycles. The second-order valence-electron chi connectivity index (χ2n) is 5.18. The molecule has 0 aliphatic rings. The van der Waals surface area contributed by atoms with Crippen LogP contribution in [0.4, 0.5) is 0 Å². The average molecular weight is 323 g/mol. The van der Waals surface area contributed by atoms with Crippen LogP contribution in [0.1, 0.15) is 36.2 Å². The summed E-state index contributed by atoms with van der Waals surface area (Å²) in [6, 6.07) is 10.1. The van der Waals surface area contributed by atoms with E-state index in [-0.39, 0.29) is 6.04 Å². The Hall–Kier alpha value is -1.09. The minimum absolute atomic E-state index is 0.227. The number of nitrogens with zero attached hydrogens (tertiary/aromatic N) is 1. The molecule has 112 valence electrons. The summed E-state index contributed by atoms with van der Waals surface area (Å²) in [7, 11) is 0. The highest BCUT2D eigenvalue weighted by Gasteiger charge is 2.14. The van der Waals surface area contributed by atoms with E-state index in [0.717, 1.165) is 35.7 Å². The van der Waals surface area contributed by atoms with Crippen LogP contribution in [0.2, 0.25) is 10.0 Å². The summed E-state index contributed by atoms with van der Waals surface area (Å²) in [4.78, 5) is 4.27. The Balaban J connectivity index is 2.23. The molecule has 2 rings (SSSR count). The van der Waals surface area contributed by atoms with Crippen LogP contribution in [-0.4, -0.2) is 11.5 Å². The van der Waals surface area contributed by atoms with E-state index in [2.05, 4.69) is 29.4 Å². The molecule has 0 saturated carbocycles. The predicted molar refractivity (Wildman–Crippen MR) is 90.2 cm³/mol. The van der Waals surface area contributed by atoms with Crippen molar-refractivity contribution in [1.29, 1.82) is 0 Å². The Kier molecular flexibility index (Phi) is 6.04. The first kappa shape index (κ1) is 16.3. The van der Waals surface area contributed by atoms with Crippen molar-refractivity contribution in [3.05, 3.63) is 63.4 Å². The van der Waals surface area contributed by atoms with Gasteiger partial charge in [0.1, 0.15) is 0 Å². The van der Waals surface area contributed by atoms with E-state index in [0.29, 0.717) is 5.02 Å². The van der Waals surface area contributed by atoms with Gasteiger partial charge in [0.2, 0.25) is 0 Å². The molecule has 1 unspecified atom stereocenters. The van der Waals surface area contributed by atoms with Gasteiger partial charge in [-0.1, -0.05) is 36.2 Å². The molecule has 0 aliphatic heterocycles. The summed E-state index contributed by atoms with van der Waals surface area (Å²) in [5.74, 6) is 0. The number of benzene rings is 1. The minimum Gasteiger partial charge on any atom is -0.310 e. The Morgan fingerprint density at radius 3 is 2.67 bits per heavy atom. The standard InChI is InChI=1S/C17H20Cl2N2/c1-3-7-21-17(14-6-8-20-12(2)9-14)10-13-4-5-15(18)11-16(13)19/h4-6,8-9,11,17,21H,3,7,10H2,1-2H3. The van der Waals surface area contributed by atoms with Gasteiger partial charge in [-0.05, 0) is 61.7 Å². The summed E-state index contributed by atoms with van der Waals surface area (Å²) in [6.07, 6.45) is 3.78. The molecule has 1 N–H and O–H groups in total. The zero-order valence-corrected chi connectivity index (χ0v) is 13.9. The van der Waals surface area contributed by atoms with Gasteiger partial charge in [0.25, 0.3) is 0 Å². The van der Waals surface area contributed by atoms with Crippen LogP contribution in [0, 0.1) is 6.92 Å². The van der Waals surface area contributed by atoms with Gasteiger partial charge in [-0.2, -0.15) is 0 Å². The highest BCUT2D eigenvalue weighted by Crippen LogP contribution is 2.26. The molecule has 0 radical (unpaired) electrons. The summed E-state index contributed by atoms with van der Waals surface area (Å²) < 4.78 is 0. The molecule has 21 heavy (non-hydrogen) atoms. The third-order valence-corrected chi connectivity index (χ3v) is 3.99. The summed E-state index contributed by atoms with van der Waals surface area (Å²) >= 11 is 12.3. The van der Waals surface area contributed by atoms with Crippen molar-refractivity contribution in [3.63, 3.8) is 0 Å². The molecular weight excluding hydrogens is 303 g/mol. The van der Waals surface area contributed by atoms with E-state index >= 15 is 0 Å². The molecule has 0 fully saturated rings. The van der Waals surface area contributed by atoms with Crippen LogP contribution >= 0.6 is 23.2 Å². The van der Waals surface area contributed by atoms with Gasteiger partial charge in [0.05, 0.1) is 0 Å². The quantitative estimate of drug-likeness (QED) is 0.811. The minimum atomic E-state index is 0.227. The highest BCUT2D eigenvalue weighted by molar-refractivity contribution is 6.35. The van der Waals surface area contributed by atoms with E-state index in [4.69, 9.17) is 23.2 Å². The maximum atomic E-state index is 6.30. The van der Waals surface area contributed by atoms with Gasteiger partial charge in [-0.15, -0.1) is 0 Å². The lowest BCUT2D eigenvalue weighted by Crippen LogP contribution is -2.24. The number of pyridine rings is 1.